The number of hydrogen-bond donors (Lipinski definition) is 0. The van der Waals surface area contributed by atoms with Gasteiger partial charge in [-0.15, -0.1) is 4.68 Å². The smallest absolute Gasteiger partial charge is 0.237 e. The van der Waals surface area contributed by atoms with Crippen LogP contribution in [-0.4, -0.2) is 9.78 Å². The maximum absolute atomic E-state index is 4.65. The van der Waals surface area contributed by atoms with Gasteiger partial charge in [0.15, 0.2) is 0 Å². The van der Waals surface area contributed by atoms with Gasteiger partial charge in [0.2, 0.25) is 6.33 Å². The highest BCUT2D eigenvalue weighted by atomic mass is 15.4. The number of nitrogens with zero attached hydrogens (tertiary/aromatic N) is 3. The molecule has 0 unspecified atom stereocenters. The molecule has 0 bridgehead atoms. The van der Waals surface area contributed by atoms with Crippen LogP contribution in [0.1, 0.15) is 42.3 Å². The topological polar surface area (TPSA) is 21.7 Å². The Bertz CT molecular complexity index is 553. The van der Waals surface area contributed by atoms with Crippen molar-refractivity contribution in [2.75, 3.05) is 0 Å². The van der Waals surface area contributed by atoms with E-state index in [1.54, 1.807) is 0 Å². The highest BCUT2D eigenvalue weighted by Gasteiger charge is 2.17. The molecule has 18 heavy (non-hydrogen) atoms. The molecule has 2 aromatic rings. The van der Waals surface area contributed by atoms with Crippen LogP contribution in [0.15, 0.2) is 24.5 Å². The molecule has 0 spiro atoms. The Morgan fingerprint density at radius 1 is 1.28 bits per heavy atom. The Hall–Kier alpha value is -1.64. The molecule has 0 aliphatic rings. The van der Waals surface area contributed by atoms with Crippen molar-refractivity contribution in [2.45, 2.75) is 40.2 Å². The second kappa shape index (κ2) is 4.92. The first kappa shape index (κ1) is 12.8. The number of aryl methyl sites for hydroxylation is 3. The molecule has 96 valence electrons. The molecular weight excluding hydrogens is 222 g/mol. The zero-order valence-corrected chi connectivity index (χ0v) is 11.9. The fraction of sp³-hybridized carbons (Fsp3) is 0.467. The SMILES string of the molecule is Cc1ccc(Cn2c[n+](C)c(C(C)C)n2)c(C)c1. The van der Waals surface area contributed by atoms with E-state index in [1.165, 1.54) is 16.7 Å². The average Bonchev–Trinajstić information content (AvgIpc) is 2.64. The molecule has 0 aliphatic carbocycles. The highest BCUT2D eigenvalue weighted by molar-refractivity contribution is 5.30. The maximum Gasteiger partial charge on any atom is 0.279 e. The van der Waals surface area contributed by atoms with Gasteiger partial charge in [-0.25, -0.2) is 4.57 Å². The minimum absolute atomic E-state index is 0.454. The number of rotatable bonds is 3. The lowest BCUT2D eigenvalue weighted by Gasteiger charge is -2.03. The third kappa shape index (κ3) is 2.61. The van der Waals surface area contributed by atoms with E-state index in [-0.39, 0.29) is 0 Å². The second-order valence-electron chi connectivity index (χ2n) is 5.37. The summed E-state index contributed by atoms with van der Waals surface area (Å²) in [4.78, 5) is 0. The van der Waals surface area contributed by atoms with E-state index in [2.05, 4.69) is 68.9 Å². The van der Waals surface area contributed by atoms with Gasteiger partial charge in [0.25, 0.3) is 5.82 Å². The zero-order valence-electron chi connectivity index (χ0n) is 11.9. The molecule has 3 heteroatoms. The summed E-state index contributed by atoms with van der Waals surface area (Å²) < 4.78 is 4.13. The summed E-state index contributed by atoms with van der Waals surface area (Å²) in [7, 11) is 2.06. The van der Waals surface area contributed by atoms with Crippen molar-refractivity contribution in [2.24, 2.45) is 7.05 Å². The fourth-order valence-electron chi connectivity index (χ4n) is 2.28. The molecule has 0 aliphatic heterocycles. The third-order valence-corrected chi connectivity index (χ3v) is 3.25. The molecule has 3 nitrogen and oxygen atoms in total. The Balaban J connectivity index is 2.26. The minimum Gasteiger partial charge on any atom is -0.237 e. The highest BCUT2D eigenvalue weighted by Crippen LogP contribution is 2.12. The maximum atomic E-state index is 4.65. The van der Waals surface area contributed by atoms with Crippen LogP contribution < -0.4 is 4.57 Å². The van der Waals surface area contributed by atoms with Gasteiger partial charge in [-0.2, -0.15) is 0 Å². The Labute approximate surface area is 109 Å². The van der Waals surface area contributed by atoms with E-state index in [1.807, 2.05) is 4.68 Å². The minimum atomic E-state index is 0.454. The third-order valence-electron chi connectivity index (χ3n) is 3.25. The van der Waals surface area contributed by atoms with Crippen molar-refractivity contribution in [3.63, 3.8) is 0 Å². The molecule has 2 rings (SSSR count). The van der Waals surface area contributed by atoms with Crippen molar-refractivity contribution in [3.8, 4) is 0 Å². The lowest BCUT2D eigenvalue weighted by molar-refractivity contribution is -0.681. The molecule has 1 aromatic carbocycles. The second-order valence-corrected chi connectivity index (χ2v) is 5.37. The lowest BCUT2D eigenvalue weighted by Crippen LogP contribution is -2.31. The first-order valence-electron chi connectivity index (χ1n) is 6.46. The van der Waals surface area contributed by atoms with Gasteiger partial charge in [0.05, 0.1) is 7.05 Å². The van der Waals surface area contributed by atoms with E-state index in [0.29, 0.717) is 5.92 Å². The number of benzene rings is 1. The van der Waals surface area contributed by atoms with Crippen LogP contribution in [0.4, 0.5) is 0 Å². The van der Waals surface area contributed by atoms with Gasteiger partial charge < -0.3 is 0 Å². The summed E-state index contributed by atoms with van der Waals surface area (Å²) >= 11 is 0. The average molecular weight is 244 g/mol. The van der Waals surface area contributed by atoms with Gasteiger partial charge in [0, 0.05) is 11.0 Å². The van der Waals surface area contributed by atoms with Crippen LogP contribution in [0.25, 0.3) is 0 Å². The molecule has 0 saturated carbocycles. The van der Waals surface area contributed by atoms with Crippen LogP contribution in [0.3, 0.4) is 0 Å². The van der Waals surface area contributed by atoms with Gasteiger partial charge in [-0.3, -0.25) is 0 Å². The monoisotopic (exact) mass is 244 g/mol. The van der Waals surface area contributed by atoms with Gasteiger partial charge in [-0.1, -0.05) is 37.6 Å². The Morgan fingerprint density at radius 2 is 2.00 bits per heavy atom. The van der Waals surface area contributed by atoms with E-state index in [4.69, 9.17) is 0 Å². The molecule has 0 N–H and O–H groups in total. The van der Waals surface area contributed by atoms with E-state index >= 15 is 0 Å². The van der Waals surface area contributed by atoms with Gasteiger partial charge in [-0.05, 0) is 25.0 Å². The van der Waals surface area contributed by atoms with Crippen molar-refractivity contribution >= 4 is 0 Å². The molecule has 0 radical (unpaired) electrons. The standard InChI is InChI=1S/C15H22N3/c1-11(2)15-16-18(10-17(15)5)9-14-7-6-12(3)8-13(14)4/h6-8,10-11H,9H2,1-5H3/q+1. The van der Waals surface area contributed by atoms with Crippen LogP contribution in [0.5, 0.6) is 0 Å². The van der Waals surface area contributed by atoms with Gasteiger partial charge >= 0.3 is 0 Å². The zero-order chi connectivity index (χ0) is 13.3. The van der Waals surface area contributed by atoms with Crippen molar-refractivity contribution in [1.29, 1.82) is 0 Å². The fourth-order valence-corrected chi connectivity index (χ4v) is 2.28. The largest absolute Gasteiger partial charge is 0.279 e. The van der Waals surface area contributed by atoms with E-state index in [0.717, 1.165) is 12.4 Å². The van der Waals surface area contributed by atoms with Crippen molar-refractivity contribution < 1.29 is 4.57 Å². The molecule has 1 aromatic heterocycles. The predicted octanol–water partition coefficient (Wildman–Crippen LogP) is 2.50. The molecular formula is C15H22N3+. The summed E-state index contributed by atoms with van der Waals surface area (Å²) in [5, 5.41) is 4.65. The molecule has 0 fully saturated rings. The normalized spacial score (nSPS) is 11.2. The Morgan fingerprint density at radius 3 is 2.56 bits per heavy atom. The van der Waals surface area contributed by atoms with Crippen LogP contribution >= 0.6 is 0 Å². The molecule has 1 heterocycles. The first-order chi connectivity index (χ1) is 8.47. The Kier molecular flexibility index (Phi) is 3.50. The molecule has 0 amide bonds. The van der Waals surface area contributed by atoms with E-state index < -0.39 is 0 Å². The van der Waals surface area contributed by atoms with Crippen LogP contribution in [0.2, 0.25) is 0 Å². The van der Waals surface area contributed by atoms with Crippen molar-refractivity contribution in [1.82, 2.24) is 9.78 Å². The van der Waals surface area contributed by atoms with Crippen molar-refractivity contribution in [3.05, 3.63) is 47.0 Å². The summed E-state index contributed by atoms with van der Waals surface area (Å²) in [6.45, 7) is 9.47. The first-order valence-corrected chi connectivity index (χ1v) is 6.46. The number of aromatic nitrogens is 3. The quantitative estimate of drug-likeness (QED) is 0.760. The van der Waals surface area contributed by atoms with Crippen LogP contribution in [0, 0.1) is 13.8 Å². The summed E-state index contributed by atoms with van der Waals surface area (Å²) in [5.74, 6) is 1.58. The summed E-state index contributed by atoms with van der Waals surface area (Å²) in [6.07, 6.45) is 2.06. The van der Waals surface area contributed by atoms with Gasteiger partial charge in [0.1, 0.15) is 6.54 Å². The summed E-state index contributed by atoms with van der Waals surface area (Å²) in [6, 6.07) is 6.58. The molecule has 0 atom stereocenters. The van der Waals surface area contributed by atoms with E-state index in [9.17, 15) is 0 Å². The summed E-state index contributed by atoms with van der Waals surface area (Å²) in [5.41, 5.74) is 3.98. The number of hydrogen-bond acceptors (Lipinski definition) is 1. The lowest BCUT2D eigenvalue weighted by atomic mass is 10.1. The van der Waals surface area contributed by atoms with Crippen LogP contribution in [-0.2, 0) is 13.6 Å². The molecule has 0 saturated heterocycles. The predicted molar refractivity (Wildman–Crippen MR) is 72.5 cm³/mol.